The van der Waals surface area contributed by atoms with E-state index < -0.39 is 11.9 Å². The van der Waals surface area contributed by atoms with Crippen molar-refractivity contribution in [1.29, 1.82) is 0 Å². The molecule has 2 unspecified atom stereocenters. The van der Waals surface area contributed by atoms with Gasteiger partial charge in [0.05, 0.1) is 18.2 Å². The Morgan fingerprint density at radius 3 is 2.80 bits per heavy atom. The van der Waals surface area contributed by atoms with Crippen molar-refractivity contribution in [2.45, 2.75) is 37.8 Å². The fourth-order valence-corrected chi connectivity index (χ4v) is 2.77. The van der Waals surface area contributed by atoms with Crippen LogP contribution in [0.5, 0.6) is 5.75 Å². The molecule has 110 valence electrons. The van der Waals surface area contributed by atoms with Crippen molar-refractivity contribution in [3.05, 3.63) is 29.6 Å². The lowest BCUT2D eigenvalue weighted by molar-refractivity contribution is 0.0321. The molecule has 20 heavy (non-hydrogen) atoms. The van der Waals surface area contributed by atoms with E-state index in [-0.39, 0.29) is 29.7 Å². The lowest BCUT2D eigenvalue weighted by atomic mass is 9.91. The number of aromatic hydroxyl groups is 1. The van der Waals surface area contributed by atoms with Crippen LogP contribution < -0.4 is 0 Å². The molecule has 5 heteroatoms. The number of phenols is 1. The van der Waals surface area contributed by atoms with Crippen molar-refractivity contribution in [2.75, 3.05) is 13.6 Å². The molecule has 0 aliphatic heterocycles. The van der Waals surface area contributed by atoms with E-state index in [2.05, 4.69) is 0 Å². The molecule has 0 heterocycles. The van der Waals surface area contributed by atoms with Crippen molar-refractivity contribution < 1.29 is 19.4 Å². The molecule has 2 N–H and O–H groups in total. The van der Waals surface area contributed by atoms with Crippen LogP contribution in [0.25, 0.3) is 0 Å². The fourth-order valence-electron chi connectivity index (χ4n) is 2.77. The molecular weight excluding hydrogens is 261 g/mol. The number of phenolic OH excluding ortho intramolecular Hbond substituents is 1. The lowest BCUT2D eigenvalue weighted by Crippen LogP contribution is -2.45. The monoisotopic (exact) mass is 281 g/mol. The smallest absolute Gasteiger partial charge is 0.180 e. The molecule has 1 aromatic rings. The quantitative estimate of drug-likeness (QED) is 0.828. The summed E-state index contributed by atoms with van der Waals surface area (Å²) < 4.78 is 13.1. The summed E-state index contributed by atoms with van der Waals surface area (Å²) in [5.74, 6) is -1.11. The van der Waals surface area contributed by atoms with Crippen LogP contribution in [0.4, 0.5) is 4.39 Å². The Kier molecular flexibility index (Phi) is 4.73. The minimum absolute atomic E-state index is 0.0119. The fraction of sp³-hybridized carbons (Fsp3) is 0.533. The number of aliphatic hydroxyl groups excluding tert-OH is 1. The zero-order chi connectivity index (χ0) is 14.7. The Labute approximate surface area is 117 Å². The third-order valence-electron chi connectivity index (χ3n) is 3.91. The number of likely N-dealkylation sites (N-methyl/N-ethyl adjacent to an activating group) is 1. The second-order valence-corrected chi connectivity index (χ2v) is 5.42. The van der Waals surface area contributed by atoms with Crippen LogP contribution in [0.1, 0.15) is 36.0 Å². The van der Waals surface area contributed by atoms with Gasteiger partial charge in [0, 0.05) is 6.04 Å². The van der Waals surface area contributed by atoms with Crippen LogP contribution in [-0.4, -0.2) is 46.6 Å². The maximum atomic E-state index is 13.1. The number of halogens is 1. The molecule has 4 nitrogen and oxygen atoms in total. The molecule has 2 atom stereocenters. The maximum absolute atomic E-state index is 13.1. The topological polar surface area (TPSA) is 60.8 Å². The Balaban J connectivity index is 2.05. The lowest BCUT2D eigenvalue weighted by Gasteiger charge is -2.34. The first-order chi connectivity index (χ1) is 9.49. The minimum atomic E-state index is -0.550. The number of carbonyl (C=O) groups excluding carboxylic acids is 1. The highest BCUT2D eigenvalue weighted by Gasteiger charge is 2.28. The van der Waals surface area contributed by atoms with Gasteiger partial charge in [-0.15, -0.1) is 0 Å². The van der Waals surface area contributed by atoms with E-state index in [4.69, 9.17) is 0 Å². The summed E-state index contributed by atoms with van der Waals surface area (Å²) in [4.78, 5) is 13.9. The molecule has 0 amide bonds. The number of carbonyl (C=O) groups is 1. The zero-order valence-electron chi connectivity index (χ0n) is 11.6. The summed E-state index contributed by atoms with van der Waals surface area (Å²) >= 11 is 0. The number of benzene rings is 1. The van der Waals surface area contributed by atoms with Crippen molar-refractivity contribution in [1.82, 2.24) is 4.90 Å². The molecular formula is C15H20FNO3. The first-order valence-corrected chi connectivity index (χ1v) is 6.89. The van der Waals surface area contributed by atoms with Gasteiger partial charge in [-0.3, -0.25) is 9.69 Å². The molecule has 1 aromatic carbocycles. The van der Waals surface area contributed by atoms with E-state index in [1.165, 1.54) is 6.07 Å². The Bertz CT molecular complexity index is 492. The molecule has 0 bridgehead atoms. The largest absolute Gasteiger partial charge is 0.507 e. The number of rotatable bonds is 4. The first kappa shape index (κ1) is 14.9. The second-order valence-electron chi connectivity index (χ2n) is 5.42. The van der Waals surface area contributed by atoms with Gasteiger partial charge in [-0.1, -0.05) is 12.8 Å². The summed E-state index contributed by atoms with van der Waals surface area (Å²) in [6.45, 7) is 0.0543. The number of hydrogen-bond donors (Lipinski definition) is 2. The van der Waals surface area contributed by atoms with Crippen LogP contribution in [0.15, 0.2) is 18.2 Å². The van der Waals surface area contributed by atoms with Gasteiger partial charge in [0.2, 0.25) is 0 Å². The highest BCUT2D eigenvalue weighted by Crippen LogP contribution is 2.24. The number of aliphatic hydroxyl groups is 1. The van der Waals surface area contributed by atoms with E-state index in [1.54, 1.807) is 11.9 Å². The SMILES string of the molecule is CN(CC(=O)c1cc(F)ccc1O)C1CCCCC1O. The highest BCUT2D eigenvalue weighted by molar-refractivity contribution is 6.00. The van der Waals surface area contributed by atoms with Crippen LogP contribution in [0.3, 0.4) is 0 Å². The third-order valence-corrected chi connectivity index (χ3v) is 3.91. The summed E-state index contributed by atoms with van der Waals surface area (Å²) in [5, 5.41) is 19.6. The summed E-state index contributed by atoms with van der Waals surface area (Å²) in [7, 11) is 1.77. The third kappa shape index (κ3) is 3.35. The Morgan fingerprint density at radius 1 is 1.40 bits per heavy atom. The maximum Gasteiger partial charge on any atom is 0.180 e. The summed E-state index contributed by atoms with van der Waals surface area (Å²) in [5.41, 5.74) is -0.0119. The summed E-state index contributed by atoms with van der Waals surface area (Å²) in [6.07, 6.45) is 3.20. The molecule has 2 rings (SSSR count). The van der Waals surface area contributed by atoms with E-state index in [0.717, 1.165) is 37.8 Å². The van der Waals surface area contributed by atoms with Gasteiger partial charge in [-0.2, -0.15) is 0 Å². The van der Waals surface area contributed by atoms with Gasteiger partial charge in [-0.25, -0.2) is 4.39 Å². The van der Waals surface area contributed by atoms with Gasteiger partial charge < -0.3 is 10.2 Å². The van der Waals surface area contributed by atoms with Gasteiger partial charge in [-0.05, 0) is 38.1 Å². The first-order valence-electron chi connectivity index (χ1n) is 6.89. The molecule has 1 aliphatic carbocycles. The molecule has 0 spiro atoms. The van der Waals surface area contributed by atoms with E-state index in [1.807, 2.05) is 0 Å². The number of Topliss-reactive ketones (excluding diaryl/α,β-unsaturated/α-hetero) is 1. The molecule has 1 fully saturated rings. The van der Waals surface area contributed by atoms with Gasteiger partial charge >= 0.3 is 0 Å². The predicted octanol–water partition coefficient (Wildman–Crippen LogP) is 1.95. The van der Waals surface area contributed by atoms with Crippen LogP contribution in [0.2, 0.25) is 0 Å². The van der Waals surface area contributed by atoms with Crippen LogP contribution >= 0.6 is 0 Å². The van der Waals surface area contributed by atoms with Crippen molar-refractivity contribution in [3.63, 3.8) is 0 Å². The standard InChI is InChI=1S/C15H20FNO3/c1-17(12-4-2-3-5-14(12)19)9-15(20)11-8-10(16)6-7-13(11)18/h6-8,12,14,18-19H,2-5,9H2,1H3. The normalized spacial score (nSPS) is 23.0. The van der Waals surface area contributed by atoms with Crippen molar-refractivity contribution in [2.24, 2.45) is 0 Å². The molecule has 1 saturated carbocycles. The van der Waals surface area contributed by atoms with Crippen molar-refractivity contribution in [3.8, 4) is 5.75 Å². The Hall–Kier alpha value is -1.46. The summed E-state index contributed by atoms with van der Waals surface area (Å²) in [6, 6.07) is 3.28. The average Bonchev–Trinajstić information content (AvgIpc) is 2.41. The zero-order valence-corrected chi connectivity index (χ0v) is 11.6. The highest BCUT2D eigenvalue weighted by atomic mass is 19.1. The number of nitrogens with zero attached hydrogens (tertiary/aromatic N) is 1. The molecule has 1 aliphatic rings. The Morgan fingerprint density at radius 2 is 2.10 bits per heavy atom. The van der Waals surface area contributed by atoms with Crippen LogP contribution in [0, 0.1) is 5.82 Å². The van der Waals surface area contributed by atoms with E-state index in [0.29, 0.717) is 0 Å². The van der Waals surface area contributed by atoms with Crippen molar-refractivity contribution >= 4 is 5.78 Å². The average molecular weight is 281 g/mol. The minimum Gasteiger partial charge on any atom is -0.507 e. The molecule has 0 saturated heterocycles. The second kappa shape index (κ2) is 6.33. The molecule has 0 radical (unpaired) electrons. The van der Waals surface area contributed by atoms with Gasteiger partial charge in [0.15, 0.2) is 5.78 Å². The van der Waals surface area contributed by atoms with E-state index >= 15 is 0 Å². The van der Waals surface area contributed by atoms with E-state index in [9.17, 15) is 19.4 Å². The van der Waals surface area contributed by atoms with Gasteiger partial charge in [0.1, 0.15) is 11.6 Å². The predicted molar refractivity (Wildman–Crippen MR) is 73.3 cm³/mol. The van der Waals surface area contributed by atoms with Gasteiger partial charge in [0.25, 0.3) is 0 Å². The number of ketones is 1. The molecule has 0 aromatic heterocycles. The van der Waals surface area contributed by atoms with Crippen LogP contribution in [-0.2, 0) is 0 Å². The number of hydrogen-bond acceptors (Lipinski definition) is 4.